The van der Waals surface area contributed by atoms with Crippen LogP contribution in [0.4, 0.5) is 0 Å². The summed E-state index contributed by atoms with van der Waals surface area (Å²) >= 11 is 0. The van der Waals surface area contributed by atoms with Gasteiger partial charge in [-0.25, -0.2) is 59.8 Å². The van der Waals surface area contributed by atoms with Gasteiger partial charge in [0.1, 0.15) is 53.4 Å². The molecule has 0 aliphatic rings. The van der Waals surface area contributed by atoms with Gasteiger partial charge in [0.05, 0.1) is 62.3 Å². The van der Waals surface area contributed by atoms with Gasteiger partial charge in [0.25, 0.3) is 0 Å². The van der Waals surface area contributed by atoms with Gasteiger partial charge in [-0.2, -0.15) is 0 Å². The van der Waals surface area contributed by atoms with Crippen molar-refractivity contribution in [3.63, 3.8) is 0 Å². The van der Waals surface area contributed by atoms with Crippen molar-refractivity contribution < 1.29 is 0 Å². The van der Waals surface area contributed by atoms with Crippen molar-refractivity contribution >= 4 is 21.8 Å². The van der Waals surface area contributed by atoms with Crippen LogP contribution in [0.25, 0.3) is 21.8 Å². The largest absolute Gasteiger partial charge is 0.258 e. The zero-order valence-corrected chi connectivity index (χ0v) is 64.0. The van der Waals surface area contributed by atoms with E-state index in [-0.39, 0.29) is 0 Å². The van der Waals surface area contributed by atoms with Crippen LogP contribution in [0.15, 0.2) is 86.4 Å². The molecule has 0 amide bonds. The van der Waals surface area contributed by atoms with E-state index in [4.69, 9.17) is 0 Å². The van der Waals surface area contributed by atoms with E-state index in [9.17, 15) is 0 Å². The zero-order chi connectivity index (χ0) is 73.7. The van der Waals surface area contributed by atoms with Crippen molar-refractivity contribution in [3.05, 3.63) is 257 Å². The van der Waals surface area contributed by atoms with Crippen molar-refractivity contribution in [3.8, 4) is 0 Å². The van der Waals surface area contributed by atoms with E-state index < -0.39 is 0 Å². The second-order valence-corrected chi connectivity index (χ2v) is 24.3. The van der Waals surface area contributed by atoms with Crippen LogP contribution < -0.4 is 0 Å². The molecule has 20 heteroatoms. The van der Waals surface area contributed by atoms with Crippen LogP contribution in [0.3, 0.4) is 0 Å². The maximum atomic E-state index is 4.46. The zero-order valence-electron chi connectivity index (χ0n) is 64.0. The lowest BCUT2D eigenvalue weighted by Crippen LogP contribution is -1.97. The maximum absolute atomic E-state index is 4.46. The first-order valence-corrected chi connectivity index (χ1v) is 32.5. The van der Waals surface area contributed by atoms with Crippen molar-refractivity contribution in [2.45, 2.75) is 208 Å². The Morgan fingerprint density at radius 1 is 0.204 bits per heavy atom. The summed E-state index contributed by atoms with van der Waals surface area (Å²) in [6.07, 6.45) is 15.9. The number of fused-ring (bicyclic) bond motifs is 2. The average Bonchev–Trinajstić information content (AvgIpc) is 0.829. The van der Waals surface area contributed by atoms with Crippen LogP contribution in [0.1, 0.15) is 170 Å². The third-order valence-corrected chi connectivity index (χ3v) is 15.3. The molecular formula is C78H104N20. The Labute approximate surface area is 583 Å². The Bertz CT molecular complexity index is 4270. The van der Waals surface area contributed by atoms with Crippen molar-refractivity contribution in [1.29, 1.82) is 0 Å². The first-order valence-electron chi connectivity index (χ1n) is 32.5. The normalized spacial score (nSPS) is 9.94. The van der Waals surface area contributed by atoms with Gasteiger partial charge < -0.3 is 0 Å². The second kappa shape index (κ2) is 40.3. The number of rotatable bonds is 0. The molecule has 0 radical (unpaired) electrons. The van der Waals surface area contributed by atoms with E-state index >= 15 is 0 Å². The number of benzene rings is 2. The Balaban J connectivity index is 0.000000285. The fourth-order valence-corrected chi connectivity index (χ4v) is 8.80. The van der Waals surface area contributed by atoms with Crippen LogP contribution in [-0.2, 0) is 0 Å². The molecule has 2 aromatic carbocycles. The van der Waals surface area contributed by atoms with E-state index in [0.29, 0.717) is 0 Å². The molecule has 0 saturated carbocycles. The Hall–Kier alpha value is -10.2. The molecule has 0 unspecified atom stereocenters. The summed E-state index contributed by atoms with van der Waals surface area (Å²) in [5.41, 5.74) is 28.2. The highest BCUT2D eigenvalue weighted by atomic mass is 15.0. The Kier molecular flexibility index (Phi) is 33.8. The predicted octanol–water partition coefficient (Wildman–Crippen LogP) is 16.3. The second-order valence-electron chi connectivity index (χ2n) is 24.3. The van der Waals surface area contributed by atoms with Crippen molar-refractivity contribution in [2.75, 3.05) is 0 Å². The smallest absolute Gasteiger partial charge is 0.129 e. The summed E-state index contributed by atoms with van der Waals surface area (Å²) in [4.78, 5) is 81.9. The molecule has 0 spiro atoms. The molecule has 12 aromatic rings. The molecule has 0 bridgehead atoms. The fourth-order valence-electron chi connectivity index (χ4n) is 8.80. The van der Waals surface area contributed by atoms with Crippen LogP contribution >= 0.6 is 0 Å². The minimum atomic E-state index is 0.775. The van der Waals surface area contributed by atoms with Gasteiger partial charge in [0, 0.05) is 76.9 Å². The third kappa shape index (κ3) is 29.0. The van der Waals surface area contributed by atoms with Crippen LogP contribution in [0.2, 0.25) is 0 Å². The molecule has 0 aliphatic carbocycles. The number of hydrogen-bond donors (Lipinski definition) is 0. The summed E-state index contributed by atoms with van der Waals surface area (Å²) in [6, 6.07) is 10.8. The van der Waals surface area contributed by atoms with E-state index in [1.165, 1.54) is 67.2 Å². The van der Waals surface area contributed by atoms with Crippen LogP contribution in [0.5, 0.6) is 0 Å². The van der Waals surface area contributed by atoms with E-state index in [2.05, 4.69) is 178 Å². The van der Waals surface area contributed by atoms with Gasteiger partial charge in [0.15, 0.2) is 0 Å². The predicted molar refractivity (Wildman–Crippen MR) is 397 cm³/mol. The minimum Gasteiger partial charge on any atom is -0.258 e. The maximum Gasteiger partial charge on any atom is 0.129 e. The molecule has 0 atom stereocenters. The standard InChI is InChI=1S/C13H15N.C12H13N.2C8H12N2.2C7H10N2.C6H9N3.2C6H8N2.C5H7N3/c1-8-5-9(2)13-11(4)10(3)7-14-12(13)6-8;1-8-4-5-11-10(3)9(2)7-13-12(11)6-8;1-5-6(2)10-8(4)7(3)9-5;1-5-6(2)9-8(4)10-7(5)3;1-5-6(2)8-4-9-7(5)3;1-5-4-8-6(2)7(3)9-5;1-4-7-5(2)9-6(3)8-4;1-5-3-8-6(2)4-7-5;1-5-3-7-6(2)8-4-5;1-4-6-3-7-5(2)8-4/h5-7H,1-4H3;4-7H,1-3H3;2*1-4H3;2*4H,1-3H3;1-3H3;2*3-4H,1-2H3;3H,1-2H3. The quantitative estimate of drug-likeness (QED) is 0.137. The molecule has 0 fully saturated rings. The van der Waals surface area contributed by atoms with Gasteiger partial charge in [0.2, 0.25) is 0 Å². The minimum absolute atomic E-state index is 0.775. The number of aromatic nitrogens is 20. The van der Waals surface area contributed by atoms with Gasteiger partial charge in [-0.3, -0.25) is 39.9 Å². The number of aryl methyl sites for hydroxylation is 28. The molecule has 0 aliphatic heterocycles. The molecule has 10 heterocycles. The van der Waals surface area contributed by atoms with E-state index in [0.717, 1.165) is 131 Å². The molecule has 20 nitrogen and oxygen atoms in total. The molecule has 0 saturated heterocycles. The first kappa shape index (κ1) is 82.0. The molecule has 516 valence electrons. The SMILES string of the molecule is Cc1cc(C)c2c(C)c(C)cnc2c1.Cc1ccc2c(C)c(C)cnc2c1.Cc1cnc(C)c(C)n1.Cc1cnc(C)cn1.Cc1cnc(C)nc1.Cc1nc(C)c(C)c(C)n1.Cc1nc(C)c(C)nc1C.Cc1nc(C)nc(C)n1.Cc1ncnc(C)c1C.Cc1ncnc(C)n1. The van der Waals surface area contributed by atoms with E-state index in [1.54, 1.807) is 24.9 Å². The number of hydrogen-bond acceptors (Lipinski definition) is 20. The molecule has 98 heavy (non-hydrogen) atoms. The van der Waals surface area contributed by atoms with Crippen LogP contribution in [-0.4, -0.2) is 99.7 Å². The van der Waals surface area contributed by atoms with Crippen molar-refractivity contribution in [2.24, 2.45) is 0 Å². The average molecular weight is 1320 g/mol. The van der Waals surface area contributed by atoms with Crippen molar-refractivity contribution in [1.82, 2.24) is 99.7 Å². The fraction of sp³-hybridized carbons (Fsp3) is 0.385. The summed E-state index contributed by atoms with van der Waals surface area (Å²) in [5, 5.41) is 2.58. The highest BCUT2D eigenvalue weighted by Gasteiger charge is 2.06. The Morgan fingerprint density at radius 2 is 0.602 bits per heavy atom. The topological polar surface area (TPSA) is 258 Å². The highest BCUT2D eigenvalue weighted by Crippen LogP contribution is 2.24. The lowest BCUT2D eigenvalue weighted by atomic mass is 10.00. The number of nitrogens with zero attached hydrogens (tertiary/aromatic N) is 20. The first-order chi connectivity index (χ1) is 46.0. The molecule has 12 rings (SSSR count). The molecular weight excluding hydrogens is 1220 g/mol. The van der Waals surface area contributed by atoms with Gasteiger partial charge >= 0.3 is 0 Å². The summed E-state index contributed by atoms with van der Waals surface area (Å²) in [7, 11) is 0. The monoisotopic (exact) mass is 1320 g/mol. The Morgan fingerprint density at radius 3 is 1.02 bits per heavy atom. The van der Waals surface area contributed by atoms with Gasteiger partial charge in [-0.05, 0) is 275 Å². The van der Waals surface area contributed by atoms with Gasteiger partial charge in [-0.15, -0.1) is 0 Å². The third-order valence-electron chi connectivity index (χ3n) is 15.3. The lowest BCUT2D eigenvalue weighted by molar-refractivity contribution is 0.875. The van der Waals surface area contributed by atoms with Crippen LogP contribution in [0, 0.1) is 208 Å². The number of pyridine rings is 2. The lowest BCUT2D eigenvalue weighted by Gasteiger charge is -2.08. The molecule has 10 aromatic heterocycles. The summed E-state index contributed by atoms with van der Waals surface area (Å²) in [5.74, 6) is 5.62. The molecule has 0 N–H and O–H groups in total. The summed E-state index contributed by atoms with van der Waals surface area (Å²) in [6.45, 7) is 59.6. The summed E-state index contributed by atoms with van der Waals surface area (Å²) < 4.78 is 0. The highest BCUT2D eigenvalue weighted by molar-refractivity contribution is 5.86. The van der Waals surface area contributed by atoms with Gasteiger partial charge in [-0.1, -0.05) is 18.2 Å². The van der Waals surface area contributed by atoms with E-state index in [1.807, 2.05) is 184 Å².